The zero-order valence-electron chi connectivity index (χ0n) is 14.0. The van der Waals surface area contributed by atoms with Gasteiger partial charge in [-0.25, -0.2) is 0 Å². The molecule has 2 amide bonds. The molecular weight excluding hydrogens is 346 g/mol. The average molecular weight is 363 g/mol. The Morgan fingerprint density at radius 2 is 1.92 bits per heavy atom. The standard InChI is InChI=1S/C20H17N3O2S/c21-19(24)16-7-6-14(12-22-16)20(25)23-10-8-17-15(9-11-26-17)18(23)13-4-2-1-3-5-13/h1-7,9,11-12,18H,8,10H2,(H2,21,24). The first-order chi connectivity index (χ1) is 12.6. The molecule has 130 valence electrons. The van der Waals surface area contributed by atoms with Gasteiger partial charge in [0.15, 0.2) is 0 Å². The number of fused-ring (bicyclic) bond motifs is 1. The number of aromatic nitrogens is 1. The molecule has 1 atom stereocenters. The molecule has 3 aromatic rings. The van der Waals surface area contributed by atoms with Crippen LogP contribution in [0.25, 0.3) is 0 Å². The number of thiophene rings is 1. The van der Waals surface area contributed by atoms with Crippen molar-refractivity contribution in [2.75, 3.05) is 6.54 Å². The summed E-state index contributed by atoms with van der Waals surface area (Å²) in [6.07, 6.45) is 2.27. The minimum atomic E-state index is -0.605. The van der Waals surface area contributed by atoms with Crippen LogP contribution < -0.4 is 5.73 Å². The highest BCUT2D eigenvalue weighted by Crippen LogP contribution is 2.38. The summed E-state index contributed by atoms with van der Waals surface area (Å²) < 4.78 is 0. The van der Waals surface area contributed by atoms with Gasteiger partial charge in [0.25, 0.3) is 11.8 Å². The van der Waals surface area contributed by atoms with Gasteiger partial charge >= 0.3 is 0 Å². The Balaban J connectivity index is 1.72. The molecule has 0 saturated heterocycles. The van der Waals surface area contributed by atoms with Gasteiger partial charge in [0.1, 0.15) is 5.69 Å². The monoisotopic (exact) mass is 363 g/mol. The maximum atomic E-state index is 13.2. The van der Waals surface area contributed by atoms with Gasteiger partial charge in [0.2, 0.25) is 0 Å². The highest BCUT2D eigenvalue weighted by atomic mass is 32.1. The van der Waals surface area contributed by atoms with E-state index in [2.05, 4.69) is 16.4 Å². The molecule has 3 heterocycles. The number of amides is 2. The van der Waals surface area contributed by atoms with Gasteiger partial charge in [0, 0.05) is 17.6 Å². The molecule has 26 heavy (non-hydrogen) atoms. The Morgan fingerprint density at radius 1 is 1.12 bits per heavy atom. The van der Waals surface area contributed by atoms with Gasteiger partial charge in [-0.2, -0.15) is 0 Å². The SMILES string of the molecule is NC(=O)c1ccc(C(=O)N2CCc3sccc3C2c2ccccc2)cn1. The second-order valence-electron chi connectivity index (χ2n) is 6.16. The minimum Gasteiger partial charge on any atom is -0.364 e. The van der Waals surface area contributed by atoms with Gasteiger partial charge in [-0.1, -0.05) is 30.3 Å². The van der Waals surface area contributed by atoms with Crippen molar-refractivity contribution in [3.63, 3.8) is 0 Å². The van der Waals surface area contributed by atoms with Gasteiger partial charge in [-0.05, 0) is 41.1 Å². The summed E-state index contributed by atoms with van der Waals surface area (Å²) in [6.45, 7) is 0.642. The lowest BCUT2D eigenvalue weighted by molar-refractivity contribution is 0.0695. The molecule has 5 nitrogen and oxygen atoms in total. The summed E-state index contributed by atoms with van der Waals surface area (Å²) in [6, 6.07) is 15.1. The van der Waals surface area contributed by atoms with E-state index in [1.165, 1.54) is 22.7 Å². The van der Waals surface area contributed by atoms with Crippen molar-refractivity contribution in [2.45, 2.75) is 12.5 Å². The van der Waals surface area contributed by atoms with Crippen LogP contribution in [0.4, 0.5) is 0 Å². The van der Waals surface area contributed by atoms with Gasteiger partial charge in [-0.15, -0.1) is 11.3 Å². The van der Waals surface area contributed by atoms with Crippen molar-refractivity contribution in [1.29, 1.82) is 0 Å². The van der Waals surface area contributed by atoms with Gasteiger partial charge in [-0.3, -0.25) is 14.6 Å². The van der Waals surface area contributed by atoms with Crippen LogP contribution in [0.3, 0.4) is 0 Å². The molecule has 0 aliphatic carbocycles. The van der Waals surface area contributed by atoms with Crippen LogP contribution in [0.1, 0.15) is 42.9 Å². The van der Waals surface area contributed by atoms with Crippen molar-refractivity contribution in [2.24, 2.45) is 5.73 Å². The largest absolute Gasteiger partial charge is 0.364 e. The summed E-state index contributed by atoms with van der Waals surface area (Å²) in [5, 5.41) is 2.08. The maximum Gasteiger partial charge on any atom is 0.267 e. The zero-order chi connectivity index (χ0) is 18.1. The number of rotatable bonds is 3. The van der Waals surface area contributed by atoms with Crippen LogP contribution in [0.15, 0.2) is 60.1 Å². The lowest BCUT2D eigenvalue weighted by atomic mass is 9.92. The molecular formula is C20H17N3O2S. The van der Waals surface area contributed by atoms with E-state index in [4.69, 9.17) is 5.73 Å². The second kappa shape index (κ2) is 6.72. The number of hydrogen-bond donors (Lipinski definition) is 1. The molecule has 0 radical (unpaired) electrons. The molecule has 1 unspecified atom stereocenters. The van der Waals surface area contributed by atoms with Crippen LogP contribution >= 0.6 is 11.3 Å². The third kappa shape index (κ3) is 2.88. The highest BCUT2D eigenvalue weighted by molar-refractivity contribution is 7.10. The first-order valence-electron chi connectivity index (χ1n) is 8.33. The fraction of sp³-hybridized carbons (Fsp3) is 0.150. The Morgan fingerprint density at radius 3 is 2.62 bits per heavy atom. The van der Waals surface area contributed by atoms with Crippen LogP contribution in [0.5, 0.6) is 0 Å². The number of benzene rings is 1. The van der Waals surface area contributed by atoms with Crippen molar-refractivity contribution in [3.8, 4) is 0 Å². The zero-order valence-corrected chi connectivity index (χ0v) is 14.8. The summed E-state index contributed by atoms with van der Waals surface area (Å²) in [4.78, 5) is 31.6. The fourth-order valence-corrected chi connectivity index (χ4v) is 4.27. The first kappa shape index (κ1) is 16.5. The molecule has 0 fully saturated rings. The first-order valence-corrected chi connectivity index (χ1v) is 9.21. The quantitative estimate of drug-likeness (QED) is 0.777. The van der Waals surface area contributed by atoms with Crippen molar-refractivity contribution in [3.05, 3.63) is 87.4 Å². The minimum absolute atomic E-state index is 0.0979. The maximum absolute atomic E-state index is 13.2. The molecule has 4 rings (SSSR count). The van der Waals surface area contributed by atoms with Gasteiger partial charge in [0.05, 0.1) is 11.6 Å². The summed E-state index contributed by atoms with van der Waals surface area (Å²) in [5.74, 6) is -0.703. The highest BCUT2D eigenvalue weighted by Gasteiger charge is 2.33. The summed E-state index contributed by atoms with van der Waals surface area (Å²) in [7, 11) is 0. The molecule has 1 aliphatic rings. The average Bonchev–Trinajstić information content (AvgIpc) is 3.16. The Bertz CT molecular complexity index is 951. The van der Waals surface area contributed by atoms with Crippen LogP contribution in [-0.2, 0) is 6.42 Å². The number of carbonyl (C=O) groups is 2. The molecule has 1 aliphatic heterocycles. The number of carbonyl (C=O) groups excluding carboxylic acids is 2. The van der Waals surface area contributed by atoms with E-state index in [9.17, 15) is 9.59 Å². The predicted molar refractivity (Wildman–Crippen MR) is 100 cm³/mol. The second-order valence-corrected chi connectivity index (χ2v) is 7.16. The van der Waals surface area contributed by atoms with Crippen LogP contribution in [-0.4, -0.2) is 28.2 Å². The number of nitrogens with zero attached hydrogens (tertiary/aromatic N) is 2. The van der Waals surface area contributed by atoms with Crippen molar-refractivity contribution < 1.29 is 9.59 Å². The molecule has 2 N–H and O–H groups in total. The third-order valence-corrected chi connectivity index (χ3v) is 5.60. The normalized spacial score (nSPS) is 16.2. The van der Waals surface area contributed by atoms with E-state index < -0.39 is 5.91 Å². The number of nitrogens with two attached hydrogens (primary N) is 1. The van der Waals surface area contributed by atoms with E-state index in [-0.39, 0.29) is 17.6 Å². The third-order valence-electron chi connectivity index (χ3n) is 4.60. The molecule has 0 spiro atoms. The molecule has 2 aromatic heterocycles. The summed E-state index contributed by atoms with van der Waals surface area (Å²) in [5.41, 5.74) is 8.10. The number of pyridine rings is 1. The number of hydrogen-bond acceptors (Lipinski definition) is 4. The summed E-state index contributed by atoms with van der Waals surface area (Å²) >= 11 is 1.74. The predicted octanol–water partition coefficient (Wildman–Crippen LogP) is 3.03. The van der Waals surface area contributed by atoms with Gasteiger partial charge < -0.3 is 10.6 Å². The van der Waals surface area contributed by atoms with E-state index >= 15 is 0 Å². The number of primary amides is 1. The Labute approximate surface area is 155 Å². The molecule has 6 heteroatoms. The van der Waals surface area contributed by atoms with E-state index in [1.807, 2.05) is 35.2 Å². The lowest BCUT2D eigenvalue weighted by Crippen LogP contribution is -2.40. The van der Waals surface area contributed by atoms with Crippen LogP contribution in [0.2, 0.25) is 0 Å². The van der Waals surface area contributed by atoms with E-state index in [0.717, 1.165) is 12.0 Å². The van der Waals surface area contributed by atoms with E-state index in [0.29, 0.717) is 12.1 Å². The Hall–Kier alpha value is -2.99. The van der Waals surface area contributed by atoms with Crippen molar-refractivity contribution >= 4 is 23.2 Å². The smallest absolute Gasteiger partial charge is 0.267 e. The lowest BCUT2D eigenvalue weighted by Gasteiger charge is -2.36. The van der Waals surface area contributed by atoms with E-state index in [1.54, 1.807) is 17.4 Å². The molecule has 1 aromatic carbocycles. The van der Waals surface area contributed by atoms with Crippen LogP contribution in [0, 0.1) is 0 Å². The fourth-order valence-electron chi connectivity index (χ4n) is 3.36. The Kier molecular flexibility index (Phi) is 4.26. The molecule has 0 saturated carbocycles. The van der Waals surface area contributed by atoms with Crippen molar-refractivity contribution in [1.82, 2.24) is 9.88 Å². The topological polar surface area (TPSA) is 76.3 Å². The molecule has 0 bridgehead atoms.